The quantitative estimate of drug-likeness (QED) is 0.260. The van der Waals surface area contributed by atoms with E-state index in [1.165, 1.54) is 36.8 Å². The molecule has 2 aromatic heterocycles. The third kappa shape index (κ3) is 4.86. The molecule has 5 heterocycles. The van der Waals surface area contributed by atoms with Gasteiger partial charge in [0.15, 0.2) is 0 Å². The number of likely N-dealkylation sites (tertiary alicyclic amines) is 1. The molecule has 0 spiro atoms. The Labute approximate surface area is 255 Å². The number of aromatic nitrogens is 4. The van der Waals surface area contributed by atoms with Gasteiger partial charge in [0.25, 0.3) is 5.91 Å². The van der Waals surface area contributed by atoms with Gasteiger partial charge in [0.2, 0.25) is 0 Å². The topological polar surface area (TPSA) is 67.2 Å². The van der Waals surface area contributed by atoms with E-state index >= 15 is 0 Å². The monoisotopic (exact) mass is 576 g/mol. The summed E-state index contributed by atoms with van der Waals surface area (Å²) in [5, 5.41) is 0. The molecule has 0 N–H and O–H groups in total. The third-order valence-corrected chi connectivity index (χ3v) is 11.2. The highest BCUT2D eigenvalue weighted by Crippen LogP contribution is 2.50. The summed E-state index contributed by atoms with van der Waals surface area (Å²) < 4.78 is 2.53. The fraction of sp³-hybridized carbons (Fsp3) is 0.500. The van der Waals surface area contributed by atoms with Crippen LogP contribution in [0.5, 0.6) is 0 Å². The Kier molecular flexibility index (Phi) is 7.12. The van der Waals surface area contributed by atoms with Crippen molar-refractivity contribution in [2.45, 2.75) is 95.7 Å². The molecule has 3 fully saturated rings. The van der Waals surface area contributed by atoms with Gasteiger partial charge in [0.05, 0.1) is 28.0 Å². The van der Waals surface area contributed by atoms with Gasteiger partial charge in [-0.1, -0.05) is 42.5 Å². The molecule has 3 aliphatic rings. The molecule has 0 aliphatic carbocycles. The standard InChI is InChI=1S/C36H44N6O/c1-25-33(26(2)38-24-37-25)34(43)40-19-16-36(17-20-40,28-10-6-5-7-11-28)18-21-41-29-14-15-35(41,4)23-30(22-29)42-27(3)39-31-12-8-9-13-32(31)42/h5-13,24,29-30H,14-23H2,1-4H3/t29?,30-,35?/m0/s1. The van der Waals surface area contributed by atoms with Crippen LogP contribution in [-0.2, 0) is 5.41 Å². The number of aryl methyl sites for hydroxylation is 3. The Balaban J connectivity index is 1.10. The predicted octanol–water partition coefficient (Wildman–Crippen LogP) is 6.57. The zero-order chi connectivity index (χ0) is 29.8. The van der Waals surface area contributed by atoms with Gasteiger partial charge in [-0.3, -0.25) is 9.69 Å². The zero-order valence-corrected chi connectivity index (χ0v) is 26.1. The van der Waals surface area contributed by atoms with Crippen LogP contribution in [0.25, 0.3) is 11.0 Å². The summed E-state index contributed by atoms with van der Waals surface area (Å²) >= 11 is 0. The predicted molar refractivity (Wildman–Crippen MR) is 170 cm³/mol. The van der Waals surface area contributed by atoms with E-state index < -0.39 is 0 Å². The molecule has 2 bridgehead atoms. The van der Waals surface area contributed by atoms with Crippen LogP contribution in [0.15, 0.2) is 60.9 Å². The second kappa shape index (κ2) is 10.8. The normalized spacial score (nSPS) is 25.3. The molecule has 2 aromatic carbocycles. The van der Waals surface area contributed by atoms with Crippen molar-refractivity contribution >= 4 is 16.9 Å². The maximum Gasteiger partial charge on any atom is 0.257 e. The molecule has 0 saturated carbocycles. The number of imidazole rings is 1. The largest absolute Gasteiger partial charge is 0.338 e. The first-order valence-corrected chi connectivity index (χ1v) is 16.1. The molecule has 43 heavy (non-hydrogen) atoms. The van der Waals surface area contributed by atoms with Gasteiger partial charge >= 0.3 is 0 Å². The number of carbonyl (C=O) groups excluding carboxylic acids is 1. The third-order valence-electron chi connectivity index (χ3n) is 11.2. The van der Waals surface area contributed by atoms with E-state index in [0.717, 1.165) is 61.6 Å². The van der Waals surface area contributed by atoms with Crippen molar-refractivity contribution in [1.82, 2.24) is 29.3 Å². The maximum absolute atomic E-state index is 13.6. The van der Waals surface area contributed by atoms with Crippen LogP contribution in [0.2, 0.25) is 0 Å². The number of rotatable bonds is 6. The average molecular weight is 577 g/mol. The molecule has 2 unspecified atom stereocenters. The van der Waals surface area contributed by atoms with Crippen molar-refractivity contribution in [1.29, 1.82) is 0 Å². The summed E-state index contributed by atoms with van der Waals surface area (Å²) in [6, 6.07) is 20.8. The summed E-state index contributed by atoms with van der Waals surface area (Å²) in [5.74, 6) is 1.21. The second-order valence-corrected chi connectivity index (χ2v) is 13.6. The van der Waals surface area contributed by atoms with Gasteiger partial charge in [-0.2, -0.15) is 0 Å². The van der Waals surface area contributed by atoms with Gasteiger partial charge in [-0.05, 0) is 102 Å². The van der Waals surface area contributed by atoms with Crippen molar-refractivity contribution < 1.29 is 4.79 Å². The molecule has 7 rings (SSSR count). The maximum atomic E-state index is 13.6. The molecule has 3 atom stereocenters. The van der Waals surface area contributed by atoms with Gasteiger partial charge < -0.3 is 9.47 Å². The molecular formula is C36H44N6O. The van der Waals surface area contributed by atoms with E-state index in [0.29, 0.717) is 17.6 Å². The molecule has 7 heteroatoms. The number of fused-ring (bicyclic) bond motifs is 3. The van der Waals surface area contributed by atoms with Gasteiger partial charge in [0, 0.05) is 30.7 Å². The van der Waals surface area contributed by atoms with E-state index in [1.54, 1.807) is 6.33 Å². The molecule has 7 nitrogen and oxygen atoms in total. The lowest BCUT2D eigenvalue weighted by Gasteiger charge is -2.49. The van der Waals surface area contributed by atoms with Crippen molar-refractivity contribution in [2.75, 3.05) is 19.6 Å². The van der Waals surface area contributed by atoms with E-state index in [-0.39, 0.29) is 16.9 Å². The van der Waals surface area contributed by atoms with E-state index in [4.69, 9.17) is 4.98 Å². The first-order chi connectivity index (χ1) is 20.8. The minimum Gasteiger partial charge on any atom is -0.338 e. The first kappa shape index (κ1) is 28.2. The van der Waals surface area contributed by atoms with Crippen LogP contribution in [0.1, 0.15) is 91.0 Å². The minimum absolute atomic E-state index is 0.0686. The Morgan fingerprint density at radius 2 is 1.60 bits per heavy atom. The van der Waals surface area contributed by atoms with E-state index in [1.807, 2.05) is 18.7 Å². The van der Waals surface area contributed by atoms with Crippen molar-refractivity contribution in [3.05, 3.63) is 89.3 Å². The van der Waals surface area contributed by atoms with Crippen molar-refractivity contribution in [3.63, 3.8) is 0 Å². The van der Waals surface area contributed by atoms with Crippen molar-refractivity contribution in [2.24, 2.45) is 0 Å². The summed E-state index contributed by atoms with van der Waals surface area (Å²) in [6.45, 7) is 11.1. The minimum atomic E-state index is 0.0686. The van der Waals surface area contributed by atoms with Crippen molar-refractivity contribution in [3.8, 4) is 0 Å². The summed E-state index contributed by atoms with van der Waals surface area (Å²) in [6.07, 6.45) is 9.52. The molecule has 0 radical (unpaired) electrons. The number of amides is 1. The van der Waals surface area contributed by atoms with E-state index in [2.05, 4.69) is 87.9 Å². The highest BCUT2D eigenvalue weighted by Gasteiger charge is 2.50. The lowest BCUT2D eigenvalue weighted by Crippen LogP contribution is -2.53. The number of benzene rings is 2. The zero-order valence-electron chi connectivity index (χ0n) is 26.1. The van der Waals surface area contributed by atoms with Gasteiger partial charge in [-0.15, -0.1) is 0 Å². The number of para-hydroxylation sites is 2. The first-order valence-electron chi connectivity index (χ1n) is 16.1. The van der Waals surface area contributed by atoms with Crippen LogP contribution in [0.4, 0.5) is 0 Å². The van der Waals surface area contributed by atoms with Crippen LogP contribution in [0.3, 0.4) is 0 Å². The SMILES string of the molecule is Cc1ncnc(C)c1C(=O)N1CCC(CCN2C3CCC2(C)C[C@@H](n2c(C)nc4ccccc42)C3)(c2ccccc2)CC1. The highest BCUT2D eigenvalue weighted by atomic mass is 16.2. The molecule has 3 saturated heterocycles. The fourth-order valence-corrected chi connectivity index (χ4v) is 8.87. The number of piperidine rings is 2. The number of nitrogens with zero attached hydrogens (tertiary/aromatic N) is 6. The van der Waals surface area contributed by atoms with Crippen LogP contribution >= 0.6 is 0 Å². The molecular weight excluding hydrogens is 532 g/mol. The Bertz CT molecular complexity index is 1620. The summed E-state index contributed by atoms with van der Waals surface area (Å²) in [7, 11) is 0. The second-order valence-electron chi connectivity index (χ2n) is 13.6. The lowest BCUT2D eigenvalue weighted by molar-refractivity contribution is 0.0279. The number of hydrogen-bond donors (Lipinski definition) is 0. The smallest absolute Gasteiger partial charge is 0.257 e. The molecule has 1 amide bonds. The van der Waals surface area contributed by atoms with E-state index in [9.17, 15) is 4.79 Å². The van der Waals surface area contributed by atoms with Gasteiger partial charge in [0.1, 0.15) is 12.2 Å². The number of hydrogen-bond acceptors (Lipinski definition) is 5. The molecule has 4 aromatic rings. The summed E-state index contributed by atoms with van der Waals surface area (Å²) in [5.41, 5.74) is 6.28. The highest BCUT2D eigenvalue weighted by molar-refractivity contribution is 5.96. The Morgan fingerprint density at radius 3 is 2.33 bits per heavy atom. The summed E-state index contributed by atoms with van der Waals surface area (Å²) in [4.78, 5) is 32.0. The Morgan fingerprint density at radius 1 is 0.907 bits per heavy atom. The van der Waals surface area contributed by atoms with Gasteiger partial charge in [-0.25, -0.2) is 15.0 Å². The fourth-order valence-electron chi connectivity index (χ4n) is 8.87. The van der Waals surface area contributed by atoms with Crippen LogP contribution in [0, 0.1) is 20.8 Å². The van der Waals surface area contributed by atoms with Crippen LogP contribution in [-0.4, -0.2) is 66.4 Å². The van der Waals surface area contributed by atoms with Crippen LogP contribution < -0.4 is 0 Å². The number of carbonyl (C=O) groups is 1. The Hall–Kier alpha value is -3.58. The lowest BCUT2D eigenvalue weighted by atomic mass is 9.70. The molecule has 3 aliphatic heterocycles. The molecule has 224 valence electrons. The average Bonchev–Trinajstić information content (AvgIpc) is 3.44.